The van der Waals surface area contributed by atoms with E-state index in [0.717, 1.165) is 5.57 Å². The van der Waals surface area contributed by atoms with E-state index in [9.17, 15) is 18.9 Å². The number of ether oxygens (including phenoxy) is 1. The van der Waals surface area contributed by atoms with Crippen LogP contribution in [0.1, 0.15) is 67.9 Å². The zero-order valence-corrected chi connectivity index (χ0v) is 23.0. The van der Waals surface area contributed by atoms with Crippen LogP contribution in [0.4, 0.5) is 0 Å². The minimum atomic E-state index is -4.65. The summed E-state index contributed by atoms with van der Waals surface area (Å²) in [5.41, 5.74) is 7.16. The molecule has 39 heavy (non-hydrogen) atoms. The summed E-state index contributed by atoms with van der Waals surface area (Å²) in [6.45, 7) is 10.5. The van der Waals surface area contributed by atoms with Crippen LogP contribution in [-0.2, 0) is 18.7 Å². The molecule has 0 bridgehead atoms. The molecular formula is C27H36N3O8P. The summed E-state index contributed by atoms with van der Waals surface area (Å²) in [5.74, 6) is -1.07. The SMILES string of the molecule is C=CCC(CC=C)Oc1ccc(C(C)NC(=O)C(CC2=CC=C(OP(=O)(O)O)CC2)NC(C)=O)cc1C(N)=O. The number of carbonyl (C=O) groups excluding carboxylic acids is 3. The van der Waals surface area contributed by atoms with Gasteiger partial charge in [0.2, 0.25) is 11.8 Å². The van der Waals surface area contributed by atoms with Crippen molar-refractivity contribution in [3.8, 4) is 5.75 Å². The van der Waals surface area contributed by atoms with Gasteiger partial charge in [0, 0.05) is 26.2 Å². The van der Waals surface area contributed by atoms with Crippen LogP contribution in [0.2, 0.25) is 0 Å². The van der Waals surface area contributed by atoms with Crippen molar-refractivity contribution in [2.75, 3.05) is 0 Å². The van der Waals surface area contributed by atoms with Gasteiger partial charge in [-0.25, -0.2) is 4.57 Å². The van der Waals surface area contributed by atoms with E-state index in [1.165, 1.54) is 13.0 Å². The summed E-state index contributed by atoms with van der Waals surface area (Å²) in [4.78, 5) is 55.0. The summed E-state index contributed by atoms with van der Waals surface area (Å²) >= 11 is 0. The van der Waals surface area contributed by atoms with Crippen molar-refractivity contribution in [1.29, 1.82) is 0 Å². The first-order chi connectivity index (χ1) is 18.3. The van der Waals surface area contributed by atoms with Crippen LogP contribution in [0.25, 0.3) is 0 Å². The minimum absolute atomic E-state index is 0.138. The number of rotatable bonds is 15. The van der Waals surface area contributed by atoms with Gasteiger partial charge in [0.25, 0.3) is 5.91 Å². The second kappa shape index (κ2) is 14.5. The topological polar surface area (TPSA) is 177 Å². The van der Waals surface area contributed by atoms with E-state index in [0.29, 0.717) is 30.6 Å². The molecule has 12 heteroatoms. The van der Waals surface area contributed by atoms with E-state index in [1.54, 1.807) is 43.4 Å². The Hall–Kier alpha value is -3.66. The predicted octanol–water partition coefficient (Wildman–Crippen LogP) is 3.47. The van der Waals surface area contributed by atoms with Crippen molar-refractivity contribution in [2.24, 2.45) is 5.73 Å². The number of nitrogens with one attached hydrogen (secondary N) is 2. The lowest BCUT2D eigenvalue weighted by molar-refractivity contribution is -0.128. The van der Waals surface area contributed by atoms with Gasteiger partial charge in [0.05, 0.1) is 11.6 Å². The van der Waals surface area contributed by atoms with Gasteiger partial charge in [-0.3, -0.25) is 24.2 Å². The predicted molar refractivity (Wildman–Crippen MR) is 146 cm³/mol. The smallest absolute Gasteiger partial charge is 0.489 e. The molecule has 0 spiro atoms. The molecule has 0 heterocycles. The van der Waals surface area contributed by atoms with Crippen LogP contribution in [0, 0.1) is 0 Å². The zero-order chi connectivity index (χ0) is 29.2. The average molecular weight is 562 g/mol. The summed E-state index contributed by atoms with van der Waals surface area (Å²) in [6, 6.07) is 3.47. The molecule has 0 saturated carbocycles. The van der Waals surface area contributed by atoms with Crippen molar-refractivity contribution < 1.29 is 38.0 Å². The molecule has 1 aromatic carbocycles. The Morgan fingerprint density at radius 3 is 2.31 bits per heavy atom. The van der Waals surface area contributed by atoms with E-state index < -0.39 is 37.6 Å². The standard InChI is InChI=1S/C27H36N3O8P/c1-5-7-21(8-6-2)37-25-14-11-20(16-23(25)26(28)32)17(3)29-27(33)24(30-18(4)31)15-19-9-12-22(13-10-19)38-39(34,35)36/h5-6,9,11-12,14,16-17,21,24H,1-2,7-8,10,13,15H2,3-4H3,(H2,28,32)(H,29,33)(H,30,31)(H2,34,35,36). The Morgan fingerprint density at radius 1 is 1.13 bits per heavy atom. The van der Waals surface area contributed by atoms with Gasteiger partial charge in [-0.05, 0) is 43.5 Å². The molecule has 0 aliphatic heterocycles. The molecule has 0 saturated heterocycles. The first-order valence-corrected chi connectivity index (χ1v) is 13.9. The molecule has 2 rings (SSSR count). The average Bonchev–Trinajstić information content (AvgIpc) is 2.84. The van der Waals surface area contributed by atoms with E-state index in [1.807, 2.05) is 0 Å². The maximum absolute atomic E-state index is 13.1. The van der Waals surface area contributed by atoms with E-state index >= 15 is 0 Å². The van der Waals surface area contributed by atoms with E-state index in [2.05, 4.69) is 28.3 Å². The van der Waals surface area contributed by atoms with Gasteiger partial charge in [-0.15, -0.1) is 13.2 Å². The van der Waals surface area contributed by atoms with Crippen LogP contribution >= 0.6 is 7.82 Å². The number of carbonyl (C=O) groups is 3. The van der Waals surface area contributed by atoms with Crippen LogP contribution in [0.15, 0.2) is 67.0 Å². The van der Waals surface area contributed by atoms with Crippen LogP contribution < -0.4 is 21.1 Å². The molecule has 3 amide bonds. The Labute approximate surface area is 228 Å². The summed E-state index contributed by atoms with van der Waals surface area (Å²) in [6.07, 6.45) is 8.14. The highest BCUT2D eigenvalue weighted by atomic mass is 31.2. The number of hydrogen-bond acceptors (Lipinski definition) is 6. The highest BCUT2D eigenvalue weighted by Crippen LogP contribution is 2.41. The lowest BCUT2D eigenvalue weighted by Gasteiger charge is -2.24. The molecular weight excluding hydrogens is 525 g/mol. The highest BCUT2D eigenvalue weighted by molar-refractivity contribution is 7.46. The lowest BCUT2D eigenvalue weighted by Crippen LogP contribution is -2.47. The third kappa shape index (κ3) is 10.6. The lowest BCUT2D eigenvalue weighted by atomic mass is 9.96. The normalized spacial score (nSPS) is 14.8. The quantitative estimate of drug-likeness (QED) is 0.160. The number of phosphoric acid groups is 1. The van der Waals surface area contributed by atoms with Gasteiger partial charge in [0.15, 0.2) is 0 Å². The maximum Gasteiger partial charge on any atom is 0.524 e. The molecule has 2 atom stereocenters. The van der Waals surface area contributed by atoms with E-state index in [-0.39, 0.29) is 30.3 Å². The third-order valence-electron chi connectivity index (χ3n) is 5.87. The van der Waals surface area contributed by atoms with Gasteiger partial charge in [-0.2, -0.15) is 0 Å². The Balaban J connectivity index is 2.17. The van der Waals surface area contributed by atoms with Gasteiger partial charge in [-0.1, -0.05) is 29.9 Å². The summed E-state index contributed by atoms with van der Waals surface area (Å²) in [7, 11) is -4.65. The molecule has 0 aromatic heterocycles. The van der Waals surface area contributed by atoms with Gasteiger partial charge >= 0.3 is 7.82 Å². The van der Waals surface area contributed by atoms with Crippen molar-refractivity contribution in [3.05, 3.63) is 78.1 Å². The Morgan fingerprint density at radius 2 is 1.79 bits per heavy atom. The molecule has 11 nitrogen and oxygen atoms in total. The zero-order valence-electron chi connectivity index (χ0n) is 22.1. The third-order valence-corrected chi connectivity index (χ3v) is 6.35. The van der Waals surface area contributed by atoms with Crippen molar-refractivity contribution in [2.45, 2.75) is 64.1 Å². The number of hydrogen-bond donors (Lipinski definition) is 5. The molecule has 2 unspecified atom stereocenters. The molecule has 1 aliphatic carbocycles. The minimum Gasteiger partial charge on any atom is -0.489 e. The van der Waals surface area contributed by atoms with Crippen molar-refractivity contribution in [1.82, 2.24) is 10.6 Å². The van der Waals surface area contributed by atoms with Crippen LogP contribution in [0.5, 0.6) is 5.75 Å². The van der Waals surface area contributed by atoms with Gasteiger partial charge < -0.3 is 25.6 Å². The van der Waals surface area contributed by atoms with Crippen LogP contribution in [-0.4, -0.2) is 39.7 Å². The van der Waals surface area contributed by atoms with Crippen LogP contribution in [0.3, 0.4) is 0 Å². The number of benzene rings is 1. The van der Waals surface area contributed by atoms with Gasteiger partial charge in [0.1, 0.15) is 23.7 Å². The molecule has 0 fully saturated rings. The first kappa shape index (κ1) is 31.6. The summed E-state index contributed by atoms with van der Waals surface area (Å²) in [5, 5.41) is 5.49. The number of nitrogens with two attached hydrogens (primary N) is 1. The maximum atomic E-state index is 13.1. The largest absolute Gasteiger partial charge is 0.524 e. The fourth-order valence-electron chi connectivity index (χ4n) is 4.03. The monoisotopic (exact) mass is 561 g/mol. The number of phosphoric ester groups is 1. The fourth-order valence-corrected chi connectivity index (χ4v) is 4.49. The number of amides is 3. The highest BCUT2D eigenvalue weighted by Gasteiger charge is 2.25. The molecule has 6 N–H and O–H groups in total. The second-order valence-electron chi connectivity index (χ2n) is 9.14. The number of primary amides is 1. The molecule has 0 radical (unpaired) electrons. The molecule has 212 valence electrons. The molecule has 1 aromatic rings. The Bertz CT molecular complexity index is 1190. The molecule has 1 aliphatic rings. The first-order valence-electron chi connectivity index (χ1n) is 12.4. The Kier molecular flexibility index (Phi) is 11.7. The number of allylic oxidation sites excluding steroid dienone is 3. The second-order valence-corrected chi connectivity index (χ2v) is 10.3. The summed E-state index contributed by atoms with van der Waals surface area (Å²) < 4.78 is 21.6. The fraction of sp³-hybridized carbons (Fsp3) is 0.370. The van der Waals surface area contributed by atoms with Crippen molar-refractivity contribution in [3.63, 3.8) is 0 Å². The van der Waals surface area contributed by atoms with E-state index in [4.69, 9.17) is 20.3 Å². The van der Waals surface area contributed by atoms with Crippen molar-refractivity contribution >= 4 is 25.5 Å².